The Kier molecular flexibility index (Phi) is 7.00. The Hall–Kier alpha value is -3.87. The van der Waals surface area contributed by atoms with Gasteiger partial charge in [-0.3, -0.25) is 9.48 Å². The summed E-state index contributed by atoms with van der Waals surface area (Å²) >= 11 is 0. The third-order valence-electron chi connectivity index (χ3n) is 4.23. The largest absolute Gasteiger partial charge is 0.495 e. The number of carbonyl (C=O) groups excluding carboxylic acids is 2. The molecule has 0 unspecified atom stereocenters. The molecule has 1 heterocycles. The van der Waals surface area contributed by atoms with Crippen LogP contribution in [-0.2, 0) is 20.9 Å². The summed E-state index contributed by atoms with van der Waals surface area (Å²) in [5, 5.41) is 6.95. The summed E-state index contributed by atoms with van der Waals surface area (Å²) in [6, 6.07) is 15.4. The fourth-order valence-electron chi connectivity index (χ4n) is 2.78. The summed E-state index contributed by atoms with van der Waals surface area (Å²) in [5.74, 6) is -0.527. The van der Waals surface area contributed by atoms with Crippen LogP contribution in [0.2, 0.25) is 0 Å². The van der Waals surface area contributed by atoms with E-state index in [1.807, 2.05) is 49.5 Å². The smallest absolute Gasteiger partial charge is 0.331 e. The SMILES string of the molecule is COc1ccc(C)cc1NC(=O)COC(=O)/C=C/c1cnn(Cc2ccccc2)c1. The van der Waals surface area contributed by atoms with Gasteiger partial charge in [-0.05, 0) is 36.3 Å². The molecule has 2 aromatic carbocycles. The number of anilines is 1. The molecule has 1 aromatic heterocycles. The van der Waals surface area contributed by atoms with Gasteiger partial charge in [0.2, 0.25) is 0 Å². The summed E-state index contributed by atoms with van der Waals surface area (Å²) in [5.41, 5.74) is 3.39. The third kappa shape index (κ3) is 6.07. The fourth-order valence-corrected chi connectivity index (χ4v) is 2.78. The number of nitrogens with one attached hydrogen (secondary N) is 1. The number of ether oxygens (including phenoxy) is 2. The standard InChI is InChI=1S/C23H23N3O4/c1-17-8-10-21(29-2)20(12-17)25-22(27)16-30-23(28)11-9-19-13-24-26(15-19)14-18-6-4-3-5-7-18/h3-13,15H,14,16H2,1-2H3,(H,25,27)/b11-9+. The van der Waals surface area contributed by atoms with Gasteiger partial charge in [0.05, 0.1) is 25.5 Å². The molecule has 0 bridgehead atoms. The minimum Gasteiger partial charge on any atom is -0.495 e. The Morgan fingerprint density at radius 3 is 2.73 bits per heavy atom. The molecule has 0 atom stereocenters. The average Bonchev–Trinajstić information content (AvgIpc) is 3.19. The van der Waals surface area contributed by atoms with Gasteiger partial charge >= 0.3 is 5.97 Å². The van der Waals surface area contributed by atoms with Gasteiger partial charge in [-0.15, -0.1) is 0 Å². The van der Waals surface area contributed by atoms with Crippen molar-refractivity contribution in [3.8, 4) is 5.75 Å². The lowest BCUT2D eigenvalue weighted by atomic mass is 10.2. The molecule has 7 nitrogen and oxygen atoms in total. The van der Waals surface area contributed by atoms with Crippen molar-refractivity contribution < 1.29 is 19.1 Å². The van der Waals surface area contributed by atoms with Gasteiger partial charge in [0.15, 0.2) is 6.61 Å². The molecule has 0 saturated carbocycles. The van der Waals surface area contributed by atoms with Gasteiger partial charge < -0.3 is 14.8 Å². The van der Waals surface area contributed by atoms with E-state index in [9.17, 15) is 9.59 Å². The number of aromatic nitrogens is 2. The van der Waals surface area contributed by atoms with Crippen LogP contribution in [0.1, 0.15) is 16.7 Å². The molecule has 3 rings (SSSR count). The molecular weight excluding hydrogens is 382 g/mol. The first-order valence-corrected chi connectivity index (χ1v) is 9.39. The highest BCUT2D eigenvalue weighted by Gasteiger charge is 2.10. The molecule has 0 aliphatic rings. The molecular formula is C23H23N3O4. The Morgan fingerprint density at radius 2 is 1.97 bits per heavy atom. The number of esters is 1. The number of hydrogen-bond acceptors (Lipinski definition) is 5. The van der Waals surface area contributed by atoms with E-state index in [1.165, 1.54) is 13.2 Å². The second kappa shape index (κ2) is 10.1. The monoisotopic (exact) mass is 405 g/mol. The van der Waals surface area contributed by atoms with Crippen molar-refractivity contribution in [3.05, 3.63) is 83.7 Å². The minimum absolute atomic E-state index is 0.395. The Balaban J connectivity index is 1.48. The van der Waals surface area contributed by atoms with Crippen LogP contribution >= 0.6 is 0 Å². The maximum Gasteiger partial charge on any atom is 0.331 e. The zero-order valence-corrected chi connectivity index (χ0v) is 16.9. The maximum absolute atomic E-state index is 12.1. The quantitative estimate of drug-likeness (QED) is 0.459. The molecule has 0 aliphatic carbocycles. The third-order valence-corrected chi connectivity index (χ3v) is 4.23. The minimum atomic E-state index is -0.614. The van der Waals surface area contributed by atoms with Gasteiger partial charge in [0.25, 0.3) is 5.91 Å². The number of benzene rings is 2. The molecule has 30 heavy (non-hydrogen) atoms. The number of carbonyl (C=O) groups is 2. The molecule has 0 saturated heterocycles. The average molecular weight is 405 g/mol. The maximum atomic E-state index is 12.1. The zero-order chi connectivity index (χ0) is 21.3. The molecule has 3 aromatic rings. The summed E-state index contributed by atoms with van der Waals surface area (Å²) in [7, 11) is 1.52. The Bertz CT molecular complexity index is 1040. The van der Waals surface area contributed by atoms with E-state index in [0.29, 0.717) is 18.0 Å². The van der Waals surface area contributed by atoms with Crippen molar-refractivity contribution in [2.45, 2.75) is 13.5 Å². The van der Waals surface area contributed by atoms with Gasteiger partial charge in [0.1, 0.15) is 5.75 Å². The van der Waals surface area contributed by atoms with Crippen molar-refractivity contribution in [3.63, 3.8) is 0 Å². The Morgan fingerprint density at radius 1 is 1.17 bits per heavy atom. The second-order valence-corrected chi connectivity index (χ2v) is 6.65. The van der Waals surface area contributed by atoms with Gasteiger partial charge in [0, 0.05) is 17.8 Å². The molecule has 1 amide bonds. The van der Waals surface area contributed by atoms with Crippen molar-refractivity contribution in [2.75, 3.05) is 19.0 Å². The van der Waals surface area contributed by atoms with Crippen molar-refractivity contribution >= 4 is 23.6 Å². The lowest BCUT2D eigenvalue weighted by Crippen LogP contribution is -2.20. The number of methoxy groups -OCH3 is 1. The van der Waals surface area contributed by atoms with Crippen molar-refractivity contribution in [1.29, 1.82) is 0 Å². The first kappa shape index (κ1) is 20.9. The lowest BCUT2D eigenvalue weighted by molar-refractivity contribution is -0.142. The van der Waals surface area contributed by atoms with Gasteiger partial charge in [-0.25, -0.2) is 4.79 Å². The molecule has 0 aliphatic heterocycles. The molecule has 7 heteroatoms. The van der Waals surface area contributed by atoms with E-state index in [2.05, 4.69) is 10.4 Å². The van der Waals surface area contributed by atoms with Crippen molar-refractivity contribution in [1.82, 2.24) is 9.78 Å². The zero-order valence-electron chi connectivity index (χ0n) is 16.9. The van der Waals surface area contributed by atoms with Crippen molar-refractivity contribution in [2.24, 2.45) is 0 Å². The highest BCUT2D eigenvalue weighted by Crippen LogP contribution is 2.25. The van der Waals surface area contributed by atoms with E-state index < -0.39 is 18.5 Å². The number of nitrogens with zero attached hydrogens (tertiary/aromatic N) is 2. The van der Waals surface area contributed by atoms with Crippen LogP contribution in [0.3, 0.4) is 0 Å². The number of amides is 1. The highest BCUT2D eigenvalue weighted by atomic mass is 16.5. The second-order valence-electron chi connectivity index (χ2n) is 6.65. The van der Waals surface area contributed by atoms with E-state index in [1.54, 1.807) is 29.1 Å². The molecule has 154 valence electrons. The van der Waals surface area contributed by atoms with Gasteiger partial charge in [-0.2, -0.15) is 5.10 Å². The van der Waals surface area contributed by atoms with E-state index in [0.717, 1.165) is 16.7 Å². The Labute approximate surface area is 174 Å². The van der Waals surface area contributed by atoms with Crippen LogP contribution in [0.4, 0.5) is 5.69 Å². The van der Waals surface area contributed by atoms with Crippen LogP contribution in [0.15, 0.2) is 67.0 Å². The van der Waals surface area contributed by atoms with Crippen LogP contribution in [-0.4, -0.2) is 35.4 Å². The fraction of sp³-hybridized carbons (Fsp3) is 0.174. The predicted octanol–water partition coefficient (Wildman–Crippen LogP) is 3.44. The molecule has 0 fully saturated rings. The number of rotatable bonds is 8. The molecule has 0 spiro atoms. The summed E-state index contributed by atoms with van der Waals surface area (Å²) < 4.78 is 12.0. The van der Waals surface area contributed by atoms with Crippen LogP contribution in [0.5, 0.6) is 5.75 Å². The predicted molar refractivity (Wildman–Crippen MR) is 114 cm³/mol. The van der Waals surface area contributed by atoms with Crippen LogP contribution in [0.25, 0.3) is 6.08 Å². The van der Waals surface area contributed by atoms with Crippen LogP contribution in [0, 0.1) is 6.92 Å². The highest BCUT2D eigenvalue weighted by molar-refractivity contribution is 5.95. The van der Waals surface area contributed by atoms with E-state index in [-0.39, 0.29) is 0 Å². The summed E-state index contributed by atoms with van der Waals surface area (Å²) in [4.78, 5) is 24.0. The summed E-state index contributed by atoms with van der Waals surface area (Å²) in [6.07, 6.45) is 6.35. The first-order chi connectivity index (χ1) is 14.5. The molecule has 0 radical (unpaired) electrons. The van der Waals surface area contributed by atoms with Gasteiger partial charge in [-0.1, -0.05) is 36.4 Å². The van der Waals surface area contributed by atoms with E-state index in [4.69, 9.17) is 9.47 Å². The van der Waals surface area contributed by atoms with Crippen LogP contribution < -0.4 is 10.1 Å². The number of hydrogen-bond donors (Lipinski definition) is 1. The number of aryl methyl sites for hydroxylation is 1. The molecule has 1 N–H and O–H groups in total. The first-order valence-electron chi connectivity index (χ1n) is 9.39. The normalized spacial score (nSPS) is 10.7. The topological polar surface area (TPSA) is 82.4 Å². The van der Waals surface area contributed by atoms with E-state index >= 15 is 0 Å². The summed E-state index contributed by atoms with van der Waals surface area (Å²) in [6.45, 7) is 2.15. The lowest BCUT2D eigenvalue weighted by Gasteiger charge is -2.10.